The van der Waals surface area contributed by atoms with Crippen molar-refractivity contribution < 1.29 is 14.4 Å². The Hall–Kier alpha value is -2.96. The van der Waals surface area contributed by atoms with Crippen molar-refractivity contribution in [3.63, 3.8) is 0 Å². The molecule has 27 heavy (non-hydrogen) atoms. The molecule has 0 saturated carbocycles. The minimum atomic E-state index is -0.396. The summed E-state index contributed by atoms with van der Waals surface area (Å²) in [5, 5.41) is 4.64. The van der Waals surface area contributed by atoms with Crippen molar-refractivity contribution in [3.8, 4) is 16.9 Å². The van der Waals surface area contributed by atoms with E-state index in [4.69, 9.17) is 9.57 Å². The van der Waals surface area contributed by atoms with Gasteiger partial charge in [-0.05, 0) is 25.0 Å². The molecule has 1 unspecified atom stereocenters. The van der Waals surface area contributed by atoms with Crippen LogP contribution in [0, 0.1) is 0 Å². The van der Waals surface area contributed by atoms with Gasteiger partial charge in [0.25, 0.3) is 5.91 Å². The quantitative estimate of drug-likeness (QED) is 0.702. The average Bonchev–Trinajstić information content (AvgIpc) is 3.20. The number of rotatable bonds is 5. The third-order valence-corrected chi connectivity index (χ3v) is 4.45. The minimum absolute atomic E-state index is 0.342. The molecule has 2 heterocycles. The fraction of sp³-hybridized carbons (Fsp3) is 0.238. The lowest BCUT2D eigenvalue weighted by Crippen LogP contribution is -2.33. The molecule has 1 fully saturated rings. The van der Waals surface area contributed by atoms with E-state index in [9.17, 15) is 4.79 Å². The first kappa shape index (κ1) is 17.5. The first-order valence-corrected chi connectivity index (χ1v) is 9.09. The highest BCUT2D eigenvalue weighted by atomic mass is 16.8. The molecule has 138 valence electrons. The van der Waals surface area contributed by atoms with Crippen molar-refractivity contribution in [2.24, 2.45) is 0 Å². The number of nitrogens with zero attached hydrogens (tertiary/aromatic N) is 2. The number of carbonyl (C=O) groups is 1. The maximum absolute atomic E-state index is 12.8. The van der Waals surface area contributed by atoms with Gasteiger partial charge in [-0.3, -0.25) is 4.79 Å². The number of ether oxygens (including phenoxy) is 1. The van der Waals surface area contributed by atoms with Crippen LogP contribution in [0.15, 0.2) is 66.9 Å². The largest absolute Gasteiger partial charge is 0.350 e. The minimum Gasteiger partial charge on any atom is -0.350 e. The van der Waals surface area contributed by atoms with Crippen LogP contribution >= 0.6 is 0 Å². The first-order chi connectivity index (χ1) is 13.3. The highest BCUT2D eigenvalue weighted by Crippen LogP contribution is 2.24. The Morgan fingerprint density at radius 3 is 2.52 bits per heavy atom. The summed E-state index contributed by atoms with van der Waals surface area (Å²) in [5.41, 5.74) is 5.32. The molecule has 4 rings (SSSR count). The maximum atomic E-state index is 12.8. The van der Waals surface area contributed by atoms with Gasteiger partial charge in [0.1, 0.15) is 5.69 Å². The number of carbonyl (C=O) groups excluding carboxylic acids is 1. The van der Waals surface area contributed by atoms with E-state index in [2.05, 4.69) is 10.6 Å². The smallest absolute Gasteiger partial charge is 0.278 e. The van der Waals surface area contributed by atoms with Gasteiger partial charge in [-0.2, -0.15) is 5.10 Å². The van der Waals surface area contributed by atoms with Gasteiger partial charge in [-0.1, -0.05) is 48.5 Å². The molecular formula is C21H21N3O3. The lowest BCUT2D eigenvalue weighted by molar-refractivity contribution is -0.186. The van der Waals surface area contributed by atoms with Gasteiger partial charge in [0.2, 0.25) is 0 Å². The van der Waals surface area contributed by atoms with Crippen LogP contribution in [0.1, 0.15) is 29.6 Å². The Balaban J connectivity index is 1.61. The van der Waals surface area contributed by atoms with Crippen LogP contribution in [0.4, 0.5) is 0 Å². The lowest BCUT2D eigenvalue weighted by Gasteiger charge is -2.22. The second-order valence-corrected chi connectivity index (χ2v) is 6.38. The molecule has 1 amide bonds. The van der Waals surface area contributed by atoms with Gasteiger partial charge in [-0.25, -0.2) is 15.0 Å². The normalized spacial score (nSPS) is 16.8. The molecule has 2 aromatic carbocycles. The van der Waals surface area contributed by atoms with Crippen LogP contribution in [0.3, 0.4) is 0 Å². The number of nitrogens with one attached hydrogen (secondary N) is 1. The van der Waals surface area contributed by atoms with E-state index in [0.717, 1.165) is 30.5 Å². The molecule has 0 aliphatic carbocycles. The molecule has 1 aromatic heterocycles. The van der Waals surface area contributed by atoms with Crippen molar-refractivity contribution >= 4 is 5.91 Å². The lowest BCUT2D eigenvalue weighted by atomic mass is 10.1. The van der Waals surface area contributed by atoms with Crippen LogP contribution < -0.4 is 5.48 Å². The van der Waals surface area contributed by atoms with Gasteiger partial charge in [0.15, 0.2) is 6.29 Å². The summed E-state index contributed by atoms with van der Waals surface area (Å²) >= 11 is 0. The molecule has 1 N–H and O–H groups in total. The summed E-state index contributed by atoms with van der Waals surface area (Å²) in [6, 6.07) is 19.3. The van der Waals surface area contributed by atoms with E-state index in [0.29, 0.717) is 17.9 Å². The summed E-state index contributed by atoms with van der Waals surface area (Å²) in [7, 11) is 0. The summed E-state index contributed by atoms with van der Waals surface area (Å²) in [4.78, 5) is 18.2. The molecule has 1 aliphatic rings. The Labute approximate surface area is 157 Å². The Morgan fingerprint density at radius 1 is 1.07 bits per heavy atom. The van der Waals surface area contributed by atoms with Crippen LogP contribution in [0.25, 0.3) is 16.9 Å². The molecule has 6 nitrogen and oxygen atoms in total. The summed E-state index contributed by atoms with van der Waals surface area (Å²) in [6.07, 6.45) is 4.15. The number of aromatic nitrogens is 2. The third kappa shape index (κ3) is 4.07. The summed E-state index contributed by atoms with van der Waals surface area (Å²) in [6.45, 7) is 0.655. The molecule has 1 saturated heterocycles. The van der Waals surface area contributed by atoms with Crippen molar-refractivity contribution in [2.75, 3.05) is 6.61 Å². The van der Waals surface area contributed by atoms with E-state index in [1.807, 2.05) is 60.7 Å². The fourth-order valence-corrected chi connectivity index (χ4v) is 3.04. The number of hydrogen-bond donors (Lipinski definition) is 1. The fourth-order valence-electron chi connectivity index (χ4n) is 3.04. The molecule has 1 aliphatic heterocycles. The molecule has 3 aromatic rings. The van der Waals surface area contributed by atoms with Crippen molar-refractivity contribution in [1.82, 2.24) is 15.3 Å². The zero-order valence-corrected chi connectivity index (χ0v) is 14.9. The van der Waals surface area contributed by atoms with Gasteiger partial charge < -0.3 is 4.74 Å². The van der Waals surface area contributed by atoms with E-state index < -0.39 is 6.29 Å². The number of benzene rings is 2. The molecule has 0 bridgehead atoms. The molecule has 1 atom stereocenters. The number of amides is 1. The number of para-hydroxylation sites is 1. The van der Waals surface area contributed by atoms with E-state index in [1.54, 1.807) is 10.9 Å². The van der Waals surface area contributed by atoms with Gasteiger partial charge in [0, 0.05) is 24.8 Å². The zero-order chi connectivity index (χ0) is 18.5. The van der Waals surface area contributed by atoms with Crippen molar-refractivity contribution in [2.45, 2.75) is 25.6 Å². The second-order valence-electron chi connectivity index (χ2n) is 6.38. The van der Waals surface area contributed by atoms with Crippen molar-refractivity contribution in [1.29, 1.82) is 0 Å². The van der Waals surface area contributed by atoms with Crippen molar-refractivity contribution in [3.05, 3.63) is 72.4 Å². The van der Waals surface area contributed by atoms with Gasteiger partial charge in [0.05, 0.1) is 11.3 Å². The first-order valence-electron chi connectivity index (χ1n) is 9.09. The van der Waals surface area contributed by atoms with Crippen LogP contribution in [-0.4, -0.2) is 28.6 Å². The molecule has 0 spiro atoms. The summed E-state index contributed by atoms with van der Waals surface area (Å²) < 4.78 is 7.20. The Bertz CT molecular complexity index is 888. The van der Waals surface area contributed by atoms with Gasteiger partial charge in [-0.15, -0.1) is 0 Å². The Kier molecular flexibility index (Phi) is 5.27. The monoisotopic (exact) mass is 363 g/mol. The molecule has 0 radical (unpaired) electrons. The van der Waals surface area contributed by atoms with E-state index >= 15 is 0 Å². The van der Waals surface area contributed by atoms with Crippen LogP contribution in [0.2, 0.25) is 0 Å². The summed E-state index contributed by atoms with van der Waals surface area (Å²) in [5.74, 6) is -0.342. The average molecular weight is 363 g/mol. The number of hydroxylamine groups is 1. The zero-order valence-electron chi connectivity index (χ0n) is 14.9. The predicted molar refractivity (Wildman–Crippen MR) is 101 cm³/mol. The van der Waals surface area contributed by atoms with Crippen LogP contribution in [0.5, 0.6) is 0 Å². The van der Waals surface area contributed by atoms with E-state index in [-0.39, 0.29) is 5.91 Å². The molecular weight excluding hydrogens is 342 g/mol. The molecule has 6 heteroatoms. The standard InChI is InChI=1S/C21H21N3O3/c25-21(23-27-19-13-7-8-14-26-19)18-15-24(17-11-5-2-6-12-17)22-20(18)16-9-3-1-4-10-16/h1-6,9-12,15,19H,7-8,13-14H2,(H,23,25). The highest BCUT2D eigenvalue weighted by Gasteiger charge is 2.21. The third-order valence-electron chi connectivity index (χ3n) is 4.45. The predicted octanol–water partition coefficient (Wildman–Crippen LogP) is 3.73. The topological polar surface area (TPSA) is 65.4 Å². The van der Waals surface area contributed by atoms with E-state index in [1.165, 1.54) is 0 Å². The number of hydrogen-bond acceptors (Lipinski definition) is 4. The maximum Gasteiger partial charge on any atom is 0.278 e. The highest BCUT2D eigenvalue weighted by molar-refractivity contribution is 5.99. The SMILES string of the molecule is O=C(NOC1CCCCO1)c1cn(-c2ccccc2)nc1-c1ccccc1. The van der Waals surface area contributed by atoms with Gasteiger partial charge >= 0.3 is 0 Å². The van der Waals surface area contributed by atoms with Crippen LogP contribution in [-0.2, 0) is 9.57 Å². The Morgan fingerprint density at radius 2 is 1.81 bits per heavy atom. The second kappa shape index (κ2) is 8.16.